The number of nitrogens with one attached hydrogen (secondary N) is 1. The maximum atomic E-state index is 14.1. The first-order valence-corrected chi connectivity index (χ1v) is 17.3. The van der Waals surface area contributed by atoms with E-state index in [1.165, 1.54) is 10.9 Å². The summed E-state index contributed by atoms with van der Waals surface area (Å²) in [5, 5.41) is 6.83. The van der Waals surface area contributed by atoms with Gasteiger partial charge in [0.25, 0.3) is 11.5 Å². The van der Waals surface area contributed by atoms with Crippen molar-refractivity contribution in [2.45, 2.75) is 70.3 Å². The predicted molar refractivity (Wildman–Crippen MR) is 178 cm³/mol. The van der Waals surface area contributed by atoms with E-state index in [0.717, 1.165) is 10.1 Å². The lowest BCUT2D eigenvalue weighted by molar-refractivity contribution is -0.387. The maximum Gasteiger partial charge on any atom is 0.453 e. The molecule has 276 valence electrons. The Balaban J connectivity index is 1.08. The molecule has 0 spiro atoms. The minimum absolute atomic E-state index is 0.0428. The van der Waals surface area contributed by atoms with Crippen molar-refractivity contribution in [2.24, 2.45) is 5.41 Å². The standard InChI is InChI=1S/C33H33BrF5N9O4/c1-3-21-24(45-9-11-46(12-10-45)26(50)23-25(19(2)40-18-41-23)52-14-20-7-5-4-6-8-20)27(51)48-29(42-28(34)44-48)47(21)13-22(49)43-31-15-30(16-31,17-31)32(35,36)33(37,38)39/h4-8,18H,3,9-17H2,1-2H3,(H,43,49). The van der Waals surface area contributed by atoms with Gasteiger partial charge in [-0.25, -0.2) is 9.97 Å². The molecule has 2 bridgehead atoms. The van der Waals surface area contributed by atoms with Crippen LogP contribution in [0.25, 0.3) is 5.78 Å². The van der Waals surface area contributed by atoms with Gasteiger partial charge >= 0.3 is 12.1 Å². The maximum absolute atomic E-state index is 14.1. The number of nitrogens with zero attached hydrogens (tertiary/aromatic N) is 8. The highest BCUT2D eigenvalue weighted by Gasteiger charge is 2.84. The summed E-state index contributed by atoms with van der Waals surface area (Å²) in [4.78, 5) is 57.1. The Labute approximate surface area is 301 Å². The molecule has 13 nitrogen and oxygen atoms in total. The summed E-state index contributed by atoms with van der Waals surface area (Å²) in [6.07, 6.45) is -5.57. The van der Waals surface area contributed by atoms with Gasteiger partial charge in [0, 0.05) is 31.7 Å². The Morgan fingerprint density at radius 1 is 1.02 bits per heavy atom. The molecule has 0 unspecified atom stereocenters. The van der Waals surface area contributed by atoms with Gasteiger partial charge in [0.05, 0.1) is 16.8 Å². The lowest BCUT2D eigenvalue weighted by Crippen LogP contribution is -2.81. The summed E-state index contributed by atoms with van der Waals surface area (Å²) >= 11 is 3.19. The van der Waals surface area contributed by atoms with Crippen molar-refractivity contribution >= 4 is 39.2 Å². The van der Waals surface area contributed by atoms with E-state index in [1.54, 1.807) is 23.6 Å². The number of ether oxygens (including phenoxy) is 1. The molecule has 1 aliphatic heterocycles. The Hall–Kier alpha value is -4.68. The van der Waals surface area contributed by atoms with Crippen molar-refractivity contribution in [1.82, 2.24) is 39.3 Å². The van der Waals surface area contributed by atoms with E-state index < -0.39 is 60.3 Å². The fraction of sp³-hybridized carbons (Fsp3) is 0.485. The Kier molecular flexibility index (Phi) is 8.77. The van der Waals surface area contributed by atoms with Gasteiger partial charge in [-0.2, -0.15) is 31.5 Å². The number of anilines is 1. The smallest absolute Gasteiger partial charge is 0.453 e. The van der Waals surface area contributed by atoms with Crippen molar-refractivity contribution < 1.29 is 36.3 Å². The summed E-state index contributed by atoms with van der Waals surface area (Å²) in [7, 11) is 0. The van der Waals surface area contributed by atoms with Crippen LogP contribution in [0.15, 0.2) is 46.2 Å². The second-order valence-electron chi connectivity index (χ2n) is 13.5. The van der Waals surface area contributed by atoms with Crippen LogP contribution in [0.1, 0.15) is 53.6 Å². The molecular weight excluding hydrogens is 761 g/mol. The SMILES string of the molecule is CCc1c(N2CCN(C(=O)c3ncnc(C)c3OCc3ccccc3)CC2)c(=O)n2nc(Br)nc2n1CC(=O)NC12CC(C(F)(F)C(F)(F)F)(C1)C2. The highest BCUT2D eigenvalue weighted by Crippen LogP contribution is 2.75. The molecule has 3 aliphatic carbocycles. The van der Waals surface area contributed by atoms with Crippen molar-refractivity contribution in [3.05, 3.63) is 74.4 Å². The van der Waals surface area contributed by atoms with Gasteiger partial charge in [-0.05, 0) is 54.1 Å². The fourth-order valence-electron chi connectivity index (χ4n) is 7.74. The summed E-state index contributed by atoms with van der Waals surface area (Å²) in [5.74, 6) is -5.53. The van der Waals surface area contributed by atoms with Crippen LogP contribution < -0.4 is 20.5 Å². The molecule has 19 heteroatoms. The van der Waals surface area contributed by atoms with Crippen LogP contribution in [0, 0.1) is 12.3 Å². The molecule has 3 aromatic heterocycles. The lowest BCUT2D eigenvalue weighted by atomic mass is 9.37. The largest absolute Gasteiger partial charge is 0.485 e. The van der Waals surface area contributed by atoms with E-state index in [4.69, 9.17) is 4.74 Å². The Bertz CT molecular complexity index is 2100. The van der Waals surface area contributed by atoms with E-state index in [2.05, 4.69) is 41.3 Å². The minimum Gasteiger partial charge on any atom is -0.485 e. The minimum atomic E-state index is -5.67. The second-order valence-corrected chi connectivity index (χ2v) is 14.2. The van der Waals surface area contributed by atoms with Crippen LogP contribution in [-0.2, 0) is 24.4 Å². The lowest BCUT2D eigenvalue weighted by Gasteiger charge is -2.72. The molecule has 1 aromatic carbocycles. The average molecular weight is 795 g/mol. The zero-order valence-electron chi connectivity index (χ0n) is 28.0. The number of hydrogen-bond donors (Lipinski definition) is 1. The van der Waals surface area contributed by atoms with Crippen LogP contribution in [0.5, 0.6) is 5.75 Å². The predicted octanol–water partition coefficient (Wildman–Crippen LogP) is 4.09. The number of piperazine rings is 1. The number of halogens is 6. The molecule has 4 fully saturated rings. The molecular formula is C33H33BrF5N9O4. The first kappa shape index (κ1) is 35.7. The summed E-state index contributed by atoms with van der Waals surface area (Å²) < 4.78 is 76.0. The first-order valence-electron chi connectivity index (χ1n) is 16.5. The Morgan fingerprint density at radius 3 is 2.33 bits per heavy atom. The van der Waals surface area contributed by atoms with E-state index in [0.29, 0.717) is 11.4 Å². The molecule has 8 rings (SSSR count). The molecule has 4 heterocycles. The van der Waals surface area contributed by atoms with Crippen LogP contribution in [0.3, 0.4) is 0 Å². The fourth-order valence-corrected chi connectivity index (χ4v) is 8.05. The third-order valence-electron chi connectivity index (χ3n) is 10.2. The summed E-state index contributed by atoms with van der Waals surface area (Å²) in [6, 6.07) is 9.45. The summed E-state index contributed by atoms with van der Waals surface area (Å²) in [6.45, 7) is 4.24. The zero-order valence-corrected chi connectivity index (χ0v) is 29.6. The van der Waals surface area contributed by atoms with Gasteiger partial charge in [0.1, 0.15) is 25.2 Å². The monoisotopic (exact) mass is 793 g/mol. The van der Waals surface area contributed by atoms with Crippen LogP contribution in [0.4, 0.5) is 27.6 Å². The molecule has 52 heavy (non-hydrogen) atoms. The van der Waals surface area contributed by atoms with Crippen molar-refractivity contribution in [2.75, 3.05) is 31.1 Å². The third kappa shape index (κ3) is 5.85. The molecule has 4 aliphatic rings. The van der Waals surface area contributed by atoms with Crippen LogP contribution >= 0.6 is 15.9 Å². The van der Waals surface area contributed by atoms with Crippen LogP contribution in [-0.4, -0.2) is 89.7 Å². The highest BCUT2D eigenvalue weighted by atomic mass is 79.9. The summed E-state index contributed by atoms with van der Waals surface area (Å²) in [5.41, 5.74) is -1.66. The van der Waals surface area contributed by atoms with Crippen molar-refractivity contribution in [1.29, 1.82) is 0 Å². The number of alkyl halides is 5. The molecule has 2 amide bonds. The number of aromatic nitrogens is 6. The van der Waals surface area contributed by atoms with E-state index in [9.17, 15) is 36.3 Å². The number of carbonyl (C=O) groups excluding carboxylic acids is 2. The molecule has 0 atom stereocenters. The molecule has 1 saturated heterocycles. The number of carbonyl (C=O) groups is 2. The molecule has 4 aromatic rings. The van der Waals surface area contributed by atoms with Crippen LogP contribution in [0.2, 0.25) is 0 Å². The van der Waals surface area contributed by atoms with Gasteiger partial charge in [0.15, 0.2) is 11.4 Å². The van der Waals surface area contributed by atoms with E-state index in [-0.39, 0.29) is 72.8 Å². The normalized spacial score (nSPS) is 21.5. The Morgan fingerprint density at radius 2 is 1.69 bits per heavy atom. The molecule has 1 N–H and O–H groups in total. The zero-order chi connectivity index (χ0) is 37.2. The van der Waals surface area contributed by atoms with Gasteiger partial charge in [0.2, 0.25) is 16.4 Å². The first-order chi connectivity index (χ1) is 24.6. The topological polar surface area (TPSA) is 140 Å². The number of fused-ring (bicyclic) bond motifs is 1. The van der Waals surface area contributed by atoms with E-state index >= 15 is 0 Å². The number of benzene rings is 1. The third-order valence-corrected chi connectivity index (χ3v) is 10.5. The molecule has 3 saturated carbocycles. The van der Waals surface area contributed by atoms with Gasteiger partial charge in [-0.15, -0.1) is 5.10 Å². The van der Waals surface area contributed by atoms with Crippen molar-refractivity contribution in [3.8, 4) is 5.75 Å². The van der Waals surface area contributed by atoms with E-state index in [1.807, 2.05) is 30.3 Å². The average Bonchev–Trinajstić information content (AvgIpc) is 3.47. The van der Waals surface area contributed by atoms with Gasteiger partial charge in [-0.3, -0.25) is 14.4 Å². The quantitative estimate of drug-likeness (QED) is 0.235. The second kappa shape index (κ2) is 12.8. The number of rotatable bonds is 10. The van der Waals surface area contributed by atoms with Gasteiger partial charge < -0.3 is 24.4 Å². The number of aryl methyl sites for hydroxylation is 1. The number of hydrogen-bond acceptors (Lipinski definition) is 9. The van der Waals surface area contributed by atoms with Gasteiger partial charge in [-0.1, -0.05) is 37.3 Å². The van der Waals surface area contributed by atoms with Crippen molar-refractivity contribution in [3.63, 3.8) is 0 Å². The number of amides is 2. The molecule has 0 radical (unpaired) electrons. The highest BCUT2D eigenvalue weighted by molar-refractivity contribution is 9.10.